The standard InChI is InChI=1S/C22H30O/c1-3-4-5-16-7-11-21-20-9-6-15-14-17(23)8-10-18(15)19(20)12-13-22(16,21)2/h7-8,10,14,19-21,23H,3-6,9,11-13H2,1-2H3/t19-,20-,21+,22-/m1/s1. The Morgan fingerprint density at radius 3 is 2.96 bits per heavy atom. The van der Waals surface area contributed by atoms with Crippen LogP contribution in [-0.2, 0) is 6.42 Å². The highest BCUT2D eigenvalue weighted by molar-refractivity contribution is 5.41. The molecule has 4 atom stereocenters. The van der Waals surface area contributed by atoms with Crippen LogP contribution in [0.25, 0.3) is 0 Å². The highest BCUT2D eigenvalue weighted by Gasteiger charge is 2.51. The Labute approximate surface area is 140 Å². The molecule has 0 spiro atoms. The van der Waals surface area contributed by atoms with Gasteiger partial charge in [0.25, 0.3) is 0 Å². The number of aromatic hydroxyl groups is 1. The maximum atomic E-state index is 9.78. The lowest BCUT2D eigenvalue weighted by Gasteiger charge is -2.50. The van der Waals surface area contributed by atoms with E-state index in [9.17, 15) is 5.11 Å². The minimum absolute atomic E-state index is 0.437. The van der Waals surface area contributed by atoms with E-state index in [1.54, 1.807) is 11.1 Å². The fraction of sp³-hybridized carbons (Fsp3) is 0.636. The predicted molar refractivity (Wildman–Crippen MR) is 95.7 cm³/mol. The molecule has 0 aromatic heterocycles. The van der Waals surface area contributed by atoms with Crippen LogP contribution < -0.4 is 0 Å². The molecule has 0 unspecified atom stereocenters. The summed E-state index contributed by atoms with van der Waals surface area (Å²) in [5.41, 5.74) is 5.21. The number of benzene rings is 1. The molecule has 0 bridgehead atoms. The first-order chi connectivity index (χ1) is 11.1. The van der Waals surface area contributed by atoms with Crippen molar-refractivity contribution in [1.82, 2.24) is 0 Å². The molecule has 1 saturated carbocycles. The highest BCUT2D eigenvalue weighted by atomic mass is 16.3. The zero-order valence-corrected chi connectivity index (χ0v) is 14.6. The fourth-order valence-electron chi connectivity index (χ4n) is 5.98. The Kier molecular flexibility index (Phi) is 3.78. The largest absolute Gasteiger partial charge is 0.508 e. The van der Waals surface area contributed by atoms with Gasteiger partial charge in [-0.15, -0.1) is 0 Å². The van der Waals surface area contributed by atoms with E-state index in [4.69, 9.17) is 0 Å². The van der Waals surface area contributed by atoms with Crippen LogP contribution in [0.3, 0.4) is 0 Å². The van der Waals surface area contributed by atoms with Crippen LogP contribution in [0, 0.1) is 17.3 Å². The summed E-state index contributed by atoms with van der Waals surface area (Å²) in [6.45, 7) is 4.87. The van der Waals surface area contributed by atoms with Gasteiger partial charge in [0.1, 0.15) is 5.75 Å². The zero-order chi connectivity index (χ0) is 16.0. The van der Waals surface area contributed by atoms with Gasteiger partial charge in [-0.1, -0.05) is 38.0 Å². The molecule has 1 nitrogen and oxygen atoms in total. The van der Waals surface area contributed by atoms with Crippen molar-refractivity contribution in [1.29, 1.82) is 0 Å². The molecule has 0 heterocycles. The third-order valence-corrected chi connectivity index (χ3v) is 7.25. The van der Waals surface area contributed by atoms with Crippen LogP contribution in [0.4, 0.5) is 0 Å². The summed E-state index contributed by atoms with van der Waals surface area (Å²) in [5.74, 6) is 2.87. The summed E-state index contributed by atoms with van der Waals surface area (Å²) in [4.78, 5) is 0. The van der Waals surface area contributed by atoms with E-state index in [1.165, 1.54) is 50.5 Å². The van der Waals surface area contributed by atoms with E-state index in [0.717, 1.165) is 24.2 Å². The van der Waals surface area contributed by atoms with Gasteiger partial charge in [0.15, 0.2) is 0 Å². The van der Waals surface area contributed by atoms with Crippen LogP contribution in [0.15, 0.2) is 29.8 Å². The van der Waals surface area contributed by atoms with Gasteiger partial charge < -0.3 is 5.11 Å². The van der Waals surface area contributed by atoms with Crippen LogP contribution in [0.5, 0.6) is 5.75 Å². The molecule has 0 aliphatic heterocycles. The average Bonchev–Trinajstić information content (AvgIpc) is 2.89. The molecule has 1 N–H and O–H groups in total. The van der Waals surface area contributed by atoms with Gasteiger partial charge in [-0.05, 0) is 91.4 Å². The number of phenols is 1. The number of rotatable bonds is 3. The van der Waals surface area contributed by atoms with Crippen molar-refractivity contribution in [3.63, 3.8) is 0 Å². The van der Waals surface area contributed by atoms with Crippen molar-refractivity contribution in [2.75, 3.05) is 0 Å². The number of allylic oxidation sites excluding steroid dienone is 2. The van der Waals surface area contributed by atoms with Crippen molar-refractivity contribution in [2.24, 2.45) is 17.3 Å². The molecule has 23 heavy (non-hydrogen) atoms. The number of fused-ring (bicyclic) bond motifs is 5. The molecule has 3 aliphatic carbocycles. The number of phenolic OH excluding ortho intramolecular Hbond substituents is 1. The van der Waals surface area contributed by atoms with Crippen LogP contribution >= 0.6 is 0 Å². The van der Waals surface area contributed by atoms with Gasteiger partial charge in [0, 0.05) is 0 Å². The maximum Gasteiger partial charge on any atom is 0.115 e. The lowest BCUT2D eigenvalue weighted by atomic mass is 9.54. The first kappa shape index (κ1) is 15.3. The number of unbranched alkanes of at least 4 members (excludes halogenated alkanes) is 1. The van der Waals surface area contributed by atoms with Crippen molar-refractivity contribution >= 4 is 0 Å². The quantitative estimate of drug-likeness (QED) is 0.681. The number of aryl methyl sites for hydroxylation is 1. The molecule has 4 rings (SSSR count). The molecule has 0 radical (unpaired) electrons. The van der Waals surface area contributed by atoms with E-state index in [-0.39, 0.29) is 0 Å². The smallest absolute Gasteiger partial charge is 0.115 e. The van der Waals surface area contributed by atoms with E-state index in [2.05, 4.69) is 26.0 Å². The van der Waals surface area contributed by atoms with Crippen molar-refractivity contribution < 1.29 is 5.11 Å². The summed E-state index contributed by atoms with van der Waals surface area (Å²) >= 11 is 0. The lowest BCUT2D eigenvalue weighted by molar-refractivity contribution is 0.0729. The van der Waals surface area contributed by atoms with E-state index < -0.39 is 0 Å². The minimum Gasteiger partial charge on any atom is -0.508 e. The fourth-order valence-corrected chi connectivity index (χ4v) is 5.98. The normalized spacial score (nSPS) is 35.2. The second-order valence-electron chi connectivity index (χ2n) is 8.32. The van der Waals surface area contributed by atoms with Gasteiger partial charge in [0.2, 0.25) is 0 Å². The predicted octanol–water partition coefficient (Wildman–Crippen LogP) is 5.97. The molecule has 124 valence electrons. The molecule has 0 saturated heterocycles. The Bertz CT molecular complexity index is 629. The van der Waals surface area contributed by atoms with Crippen LogP contribution in [0.1, 0.15) is 75.8 Å². The first-order valence-corrected chi connectivity index (χ1v) is 9.65. The monoisotopic (exact) mass is 310 g/mol. The third-order valence-electron chi connectivity index (χ3n) is 7.25. The molecule has 1 aromatic rings. The van der Waals surface area contributed by atoms with E-state index in [1.807, 2.05) is 12.1 Å². The van der Waals surface area contributed by atoms with Crippen LogP contribution in [-0.4, -0.2) is 5.11 Å². The van der Waals surface area contributed by atoms with Crippen LogP contribution in [0.2, 0.25) is 0 Å². The Hall–Kier alpha value is -1.24. The van der Waals surface area contributed by atoms with Gasteiger partial charge in [-0.25, -0.2) is 0 Å². The van der Waals surface area contributed by atoms with Crippen molar-refractivity contribution in [2.45, 2.75) is 71.1 Å². The summed E-state index contributed by atoms with van der Waals surface area (Å²) < 4.78 is 0. The van der Waals surface area contributed by atoms with Gasteiger partial charge in [0.05, 0.1) is 0 Å². The lowest BCUT2D eigenvalue weighted by Crippen LogP contribution is -2.41. The van der Waals surface area contributed by atoms with E-state index in [0.29, 0.717) is 11.2 Å². The molecule has 1 fully saturated rings. The number of hydrogen-bond donors (Lipinski definition) is 1. The van der Waals surface area contributed by atoms with Gasteiger partial charge in [-0.3, -0.25) is 0 Å². The Morgan fingerprint density at radius 1 is 1.26 bits per heavy atom. The molecule has 0 amide bonds. The second-order valence-corrected chi connectivity index (χ2v) is 8.32. The molecule has 3 aliphatic rings. The summed E-state index contributed by atoms with van der Waals surface area (Å²) in [6.07, 6.45) is 13.1. The summed E-state index contributed by atoms with van der Waals surface area (Å²) in [6, 6.07) is 6.12. The van der Waals surface area contributed by atoms with Gasteiger partial charge in [-0.2, -0.15) is 0 Å². The number of hydrogen-bond acceptors (Lipinski definition) is 1. The maximum absolute atomic E-state index is 9.78. The molecule has 1 heteroatoms. The highest BCUT2D eigenvalue weighted by Crippen LogP contribution is 2.61. The topological polar surface area (TPSA) is 20.2 Å². The first-order valence-electron chi connectivity index (χ1n) is 9.65. The summed E-state index contributed by atoms with van der Waals surface area (Å²) in [7, 11) is 0. The van der Waals surface area contributed by atoms with E-state index >= 15 is 0 Å². The van der Waals surface area contributed by atoms with Gasteiger partial charge >= 0.3 is 0 Å². The average molecular weight is 310 g/mol. The summed E-state index contributed by atoms with van der Waals surface area (Å²) in [5, 5.41) is 9.78. The second kappa shape index (κ2) is 5.69. The SMILES string of the molecule is CCCCC1=CC[C@H]2[C@@H]3CCc4cc(O)ccc4[C@H]3CC[C@]12C. The Balaban J connectivity index is 1.60. The zero-order valence-electron chi connectivity index (χ0n) is 14.6. The molecular formula is C22H30O. The minimum atomic E-state index is 0.437. The molecule has 1 aromatic carbocycles. The Morgan fingerprint density at radius 2 is 2.13 bits per heavy atom. The van der Waals surface area contributed by atoms with Crippen molar-refractivity contribution in [3.8, 4) is 5.75 Å². The molecular weight excluding hydrogens is 280 g/mol. The van der Waals surface area contributed by atoms with Crippen molar-refractivity contribution in [3.05, 3.63) is 41.0 Å². The third kappa shape index (κ3) is 2.35.